The molecule has 2 amide bonds. The van der Waals surface area contributed by atoms with Gasteiger partial charge in [0.25, 0.3) is 0 Å². The highest BCUT2D eigenvalue weighted by Gasteiger charge is 2.17. The van der Waals surface area contributed by atoms with Crippen LogP contribution in [-0.4, -0.2) is 41.8 Å². The number of hydrogen-bond acceptors (Lipinski definition) is 2. The maximum absolute atomic E-state index is 13.7. The Morgan fingerprint density at radius 2 is 1.64 bits per heavy atom. The molecule has 0 N–H and O–H groups in total. The van der Waals surface area contributed by atoms with Crippen LogP contribution in [0.3, 0.4) is 0 Å². The maximum Gasteiger partial charge on any atom is 0.242 e. The molecule has 0 aliphatic rings. The Bertz CT molecular complexity index is 719. The molecule has 132 valence electrons. The summed E-state index contributed by atoms with van der Waals surface area (Å²) in [6.45, 7) is 2.21. The largest absolute Gasteiger partial charge is 0.340 e. The van der Waals surface area contributed by atoms with Crippen LogP contribution in [0, 0.1) is 5.82 Å². The van der Waals surface area contributed by atoms with Gasteiger partial charge in [-0.1, -0.05) is 48.5 Å². The minimum absolute atomic E-state index is 0.00683. The molecule has 2 rings (SSSR count). The highest BCUT2D eigenvalue weighted by atomic mass is 19.1. The molecule has 25 heavy (non-hydrogen) atoms. The number of rotatable bonds is 7. The van der Waals surface area contributed by atoms with Gasteiger partial charge in [-0.15, -0.1) is 0 Å². The molecule has 0 saturated heterocycles. The van der Waals surface area contributed by atoms with E-state index in [1.54, 1.807) is 30.1 Å². The lowest BCUT2D eigenvalue weighted by Crippen LogP contribution is -2.41. The fraction of sp³-hybridized carbons (Fsp3) is 0.300. The monoisotopic (exact) mass is 342 g/mol. The van der Waals surface area contributed by atoms with Crippen molar-refractivity contribution in [2.75, 3.05) is 20.1 Å². The Balaban J connectivity index is 1.92. The molecule has 4 nitrogen and oxygen atoms in total. The fourth-order valence-corrected chi connectivity index (χ4v) is 2.53. The van der Waals surface area contributed by atoms with Crippen LogP contribution in [0.5, 0.6) is 0 Å². The first kappa shape index (κ1) is 18.6. The van der Waals surface area contributed by atoms with E-state index in [-0.39, 0.29) is 24.2 Å². The van der Waals surface area contributed by atoms with Gasteiger partial charge in [0.2, 0.25) is 11.8 Å². The van der Waals surface area contributed by atoms with Gasteiger partial charge in [0, 0.05) is 27.1 Å². The number of benzene rings is 2. The second-order valence-electron chi connectivity index (χ2n) is 6.02. The summed E-state index contributed by atoms with van der Waals surface area (Å²) in [5.41, 5.74) is 1.57. The number of halogens is 1. The predicted octanol–water partition coefficient (Wildman–Crippen LogP) is 2.88. The van der Waals surface area contributed by atoms with Crippen molar-refractivity contribution in [1.29, 1.82) is 0 Å². The number of carbonyl (C=O) groups excluding carboxylic acids is 2. The van der Waals surface area contributed by atoms with Gasteiger partial charge in [-0.3, -0.25) is 9.59 Å². The van der Waals surface area contributed by atoms with Crippen molar-refractivity contribution in [3.63, 3.8) is 0 Å². The zero-order valence-corrected chi connectivity index (χ0v) is 14.6. The third kappa shape index (κ3) is 5.71. The number of likely N-dealkylation sites (N-methyl/N-ethyl adjacent to an activating group) is 1. The molecule has 2 aromatic carbocycles. The number of carbonyl (C=O) groups is 2. The van der Waals surface area contributed by atoms with E-state index in [4.69, 9.17) is 0 Å². The van der Waals surface area contributed by atoms with E-state index < -0.39 is 0 Å². The van der Waals surface area contributed by atoms with Crippen LogP contribution in [0.15, 0.2) is 54.6 Å². The first-order chi connectivity index (χ1) is 12.0. The Labute approximate surface area is 147 Å². The van der Waals surface area contributed by atoms with Crippen molar-refractivity contribution < 1.29 is 14.0 Å². The zero-order chi connectivity index (χ0) is 18.2. The minimum Gasteiger partial charge on any atom is -0.340 e. The van der Waals surface area contributed by atoms with Gasteiger partial charge in [0.1, 0.15) is 5.82 Å². The molecule has 0 fully saturated rings. The predicted molar refractivity (Wildman–Crippen MR) is 95.3 cm³/mol. The van der Waals surface area contributed by atoms with Crippen molar-refractivity contribution in [1.82, 2.24) is 9.80 Å². The standard InChI is InChI=1S/C20H23FN2O2/c1-16(24)23(13-12-18-10-6-7-11-19(18)21)15-20(25)22(2)14-17-8-4-3-5-9-17/h3-11H,12-15H2,1-2H3. The smallest absolute Gasteiger partial charge is 0.242 e. The number of amides is 2. The SMILES string of the molecule is CC(=O)N(CCc1ccccc1F)CC(=O)N(C)Cc1ccccc1. The van der Waals surface area contributed by atoms with Crippen LogP contribution in [0.2, 0.25) is 0 Å². The van der Waals surface area contributed by atoms with Gasteiger partial charge in [-0.2, -0.15) is 0 Å². The van der Waals surface area contributed by atoms with E-state index in [0.29, 0.717) is 25.1 Å². The summed E-state index contributed by atoms with van der Waals surface area (Å²) in [7, 11) is 1.71. The fourth-order valence-electron chi connectivity index (χ4n) is 2.53. The molecule has 0 spiro atoms. The summed E-state index contributed by atoms with van der Waals surface area (Å²) < 4.78 is 13.7. The second kappa shape index (κ2) is 8.97. The normalized spacial score (nSPS) is 10.4. The molecular formula is C20H23FN2O2. The van der Waals surface area contributed by atoms with E-state index in [2.05, 4.69) is 0 Å². The highest BCUT2D eigenvalue weighted by Crippen LogP contribution is 2.09. The van der Waals surface area contributed by atoms with Gasteiger partial charge >= 0.3 is 0 Å². The summed E-state index contributed by atoms with van der Waals surface area (Å²) >= 11 is 0. The summed E-state index contributed by atoms with van der Waals surface area (Å²) in [6.07, 6.45) is 0.377. The Hall–Kier alpha value is -2.69. The number of nitrogens with zero attached hydrogens (tertiary/aromatic N) is 2. The van der Waals surface area contributed by atoms with Crippen LogP contribution in [0.1, 0.15) is 18.1 Å². The molecule has 0 unspecified atom stereocenters. The van der Waals surface area contributed by atoms with Crippen LogP contribution in [0.4, 0.5) is 4.39 Å². The molecule has 5 heteroatoms. The van der Waals surface area contributed by atoms with Gasteiger partial charge in [-0.25, -0.2) is 4.39 Å². The zero-order valence-electron chi connectivity index (χ0n) is 14.6. The van der Waals surface area contributed by atoms with Crippen LogP contribution < -0.4 is 0 Å². The van der Waals surface area contributed by atoms with Crippen LogP contribution in [-0.2, 0) is 22.6 Å². The summed E-state index contributed by atoms with van der Waals surface area (Å²) in [4.78, 5) is 27.3. The molecule has 0 heterocycles. The van der Waals surface area contributed by atoms with Crippen molar-refractivity contribution in [2.45, 2.75) is 19.9 Å². The lowest BCUT2D eigenvalue weighted by Gasteiger charge is -2.24. The third-order valence-corrected chi connectivity index (χ3v) is 4.07. The van der Waals surface area contributed by atoms with E-state index in [1.807, 2.05) is 30.3 Å². The maximum atomic E-state index is 13.7. The van der Waals surface area contributed by atoms with Crippen LogP contribution >= 0.6 is 0 Å². The van der Waals surface area contributed by atoms with Gasteiger partial charge in [0.05, 0.1) is 6.54 Å². The first-order valence-electron chi connectivity index (χ1n) is 8.24. The number of hydrogen-bond donors (Lipinski definition) is 0. The molecule has 0 aliphatic heterocycles. The van der Waals surface area contributed by atoms with Crippen molar-refractivity contribution in [3.05, 3.63) is 71.5 Å². The molecule has 0 bridgehead atoms. The Morgan fingerprint density at radius 3 is 2.28 bits per heavy atom. The molecule has 0 saturated carbocycles. The van der Waals surface area contributed by atoms with Gasteiger partial charge in [0.15, 0.2) is 0 Å². The van der Waals surface area contributed by atoms with E-state index in [9.17, 15) is 14.0 Å². The second-order valence-corrected chi connectivity index (χ2v) is 6.02. The highest BCUT2D eigenvalue weighted by molar-refractivity contribution is 5.83. The van der Waals surface area contributed by atoms with Gasteiger partial charge in [-0.05, 0) is 23.6 Å². The van der Waals surface area contributed by atoms with Gasteiger partial charge < -0.3 is 9.80 Å². The molecular weight excluding hydrogens is 319 g/mol. The van der Waals surface area contributed by atoms with E-state index in [1.165, 1.54) is 17.9 Å². The molecule has 0 atom stereocenters. The van der Waals surface area contributed by atoms with E-state index in [0.717, 1.165) is 5.56 Å². The molecule has 0 aliphatic carbocycles. The minimum atomic E-state index is -0.293. The third-order valence-electron chi connectivity index (χ3n) is 4.07. The average Bonchev–Trinajstić information content (AvgIpc) is 2.60. The molecule has 0 aromatic heterocycles. The van der Waals surface area contributed by atoms with E-state index >= 15 is 0 Å². The topological polar surface area (TPSA) is 40.6 Å². The Kier molecular flexibility index (Phi) is 6.69. The van der Waals surface area contributed by atoms with Crippen LogP contribution in [0.25, 0.3) is 0 Å². The van der Waals surface area contributed by atoms with Crippen molar-refractivity contribution >= 4 is 11.8 Å². The Morgan fingerprint density at radius 1 is 1.00 bits per heavy atom. The van der Waals surface area contributed by atoms with Crippen molar-refractivity contribution in [3.8, 4) is 0 Å². The summed E-state index contributed by atoms with van der Waals surface area (Å²) in [6, 6.07) is 16.1. The lowest BCUT2D eigenvalue weighted by molar-refractivity contribution is -0.138. The summed E-state index contributed by atoms with van der Waals surface area (Å²) in [5, 5.41) is 0. The molecule has 2 aromatic rings. The van der Waals surface area contributed by atoms with Crippen molar-refractivity contribution in [2.24, 2.45) is 0 Å². The average molecular weight is 342 g/mol. The first-order valence-corrected chi connectivity index (χ1v) is 8.24. The lowest BCUT2D eigenvalue weighted by atomic mass is 10.1. The summed E-state index contributed by atoms with van der Waals surface area (Å²) in [5.74, 6) is -0.635. The quantitative estimate of drug-likeness (QED) is 0.776. The molecule has 0 radical (unpaired) electrons.